The molecule has 2 atom stereocenters. The molecule has 0 spiro atoms. The van der Waals surface area contributed by atoms with Crippen LogP contribution in [-0.4, -0.2) is 29.1 Å². The van der Waals surface area contributed by atoms with Crippen LogP contribution >= 0.6 is 0 Å². The fourth-order valence-electron chi connectivity index (χ4n) is 2.71. The van der Waals surface area contributed by atoms with E-state index in [0.717, 1.165) is 12.8 Å². The number of nitrogens with one attached hydrogen (secondary N) is 2. The molecule has 0 aliphatic carbocycles. The van der Waals surface area contributed by atoms with E-state index in [0.29, 0.717) is 11.4 Å². The maximum atomic E-state index is 12.1. The molecule has 1 aliphatic rings. The summed E-state index contributed by atoms with van der Waals surface area (Å²) in [6.45, 7) is 7.56. The number of ether oxygens (including phenoxy) is 1. The zero-order chi connectivity index (χ0) is 16.8. The van der Waals surface area contributed by atoms with Gasteiger partial charge in [-0.2, -0.15) is 0 Å². The second kappa shape index (κ2) is 7.78. The van der Waals surface area contributed by atoms with Gasteiger partial charge in [0.1, 0.15) is 5.75 Å². The smallest absolute Gasteiger partial charge is 0.409 e. The van der Waals surface area contributed by atoms with Crippen LogP contribution < -0.4 is 15.5 Å². The second-order valence-corrected chi connectivity index (χ2v) is 5.76. The fraction of sp³-hybridized carbons (Fsp3) is 0.412. The summed E-state index contributed by atoms with van der Waals surface area (Å²) in [5, 5.41) is 4.56. The number of hydrogen-bond donors (Lipinski definition) is 2. The van der Waals surface area contributed by atoms with Crippen LogP contribution in [0.1, 0.15) is 33.1 Å². The molecule has 6 heteroatoms. The summed E-state index contributed by atoms with van der Waals surface area (Å²) < 4.78 is 5.30. The Bertz CT molecular complexity index is 578. The van der Waals surface area contributed by atoms with Gasteiger partial charge in [0.15, 0.2) is 0 Å². The Labute approximate surface area is 136 Å². The van der Waals surface area contributed by atoms with Crippen LogP contribution in [0.2, 0.25) is 0 Å². The monoisotopic (exact) mass is 317 g/mol. The van der Waals surface area contributed by atoms with E-state index < -0.39 is 6.09 Å². The van der Waals surface area contributed by atoms with Crippen molar-refractivity contribution < 1.29 is 14.3 Å². The minimum Gasteiger partial charge on any atom is -0.409 e. The number of carbonyl (C=O) groups is 2. The van der Waals surface area contributed by atoms with Gasteiger partial charge in [-0.15, -0.1) is 0 Å². The molecule has 124 valence electrons. The summed E-state index contributed by atoms with van der Waals surface area (Å²) in [5.74, 6) is 0.0456. The lowest BCUT2D eigenvalue weighted by Gasteiger charge is -2.38. The molecule has 1 saturated heterocycles. The summed E-state index contributed by atoms with van der Waals surface area (Å²) in [6.07, 6.45) is 3.92. The van der Waals surface area contributed by atoms with Crippen LogP contribution in [0.5, 0.6) is 5.75 Å². The molecule has 2 N–H and O–H groups in total. The predicted molar refractivity (Wildman–Crippen MR) is 89.0 cm³/mol. The molecule has 1 aliphatic heterocycles. The maximum absolute atomic E-state index is 12.1. The third kappa shape index (κ3) is 4.82. The standard InChI is InChI=1S/C17H23N3O3/c1-4-16(21)18-14-9-6-10-15(11-14)23-17(22)19-20-12(2)7-5-8-13(20)3/h4,6,9-13H,1,5,7-8H2,2-3H3,(H,18,21)(H,19,22). The van der Waals surface area contributed by atoms with Crippen molar-refractivity contribution in [2.24, 2.45) is 0 Å². The van der Waals surface area contributed by atoms with Gasteiger partial charge in [-0.05, 0) is 44.9 Å². The van der Waals surface area contributed by atoms with Gasteiger partial charge < -0.3 is 10.1 Å². The molecule has 2 rings (SSSR count). The average molecular weight is 317 g/mol. The highest BCUT2D eigenvalue weighted by molar-refractivity contribution is 5.99. The summed E-state index contributed by atoms with van der Waals surface area (Å²) in [4.78, 5) is 23.4. The number of carbonyl (C=O) groups excluding carboxylic acids is 2. The van der Waals surface area contributed by atoms with Crippen molar-refractivity contribution in [3.05, 3.63) is 36.9 Å². The lowest BCUT2D eigenvalue weighted by atomic mass is 10.00. The molecule has 1 aromatic rings. The minimum atomic E-state index is -0.530. The lowest BCUT2D eigenvalue weighted by molar-refractivity contribution is -0.111. The molecule has 0 radical (unpaired) electrons. The van der Waals surface area contributed by atoms with Crippen molar-refractivity contribution in [3.63, 3.8) is 0 Å². The molecule has 1 fully saturated rings. The summed E-state index contributed by atoms with van der Waals surface area (Å²) >= 11 is 0. The van der Waals surface area contributed by atoms with E-state index in [2.05, 4.69) is 31.2 Å². The lowest BCUT2D eigenvalue weighted by Crippen LogP contribution is -2.54. The van der Waals surface area contributed by atoms with Gasteiger partial charge in [0.05, 0.1) is 0 Å². The van der Waals surface area contributed by atoms with Crippen LogP contribution in [0.25, 0.3) is 0 Å². The van der Waals surface area contributed by atoms with Crippen molar-refractivity contribution in [1.29, 1.82) is 0 Å². The van der Waals surface area contributed by atoms with Gasteiger partial charge in [0.2, 0.25) is 5.91 Å². The first-order valence-electron chi connectivity index (χ1n) is 7.80. The number of hydrazine groups is 1. The van der Waals surface area contributed by atoms with Gasteiger partial charge >= 0.3 is 6.09 Å². The number of amides is 2. The SMILES string of the molecule is C=CC(=O)Nc1cccc(OC(=O)NN2C(C)CCCC2C)c1. The van der Waals surface area contributed by atoms with Gasteiger partial charge in [0.25, 0.3) is 0 Å². The third-order valence-electron chi connectivity index (χ3n) is 3.91. The second-order valence-electron chi connectivity index (χ2n) is 5.76. The molecule has 2 unspecified atom stereocenters. The van der Waals surface area contributed by atoms with E-state index in [1.807, 2.05) is 5.01 Å². The number of hydrogen-bond acceptors (Lipinski definition) is 4. The van der Waals surface area contributed by atoms with E-state index in [1.165, 1.54) is 12.5 Å². The molecule has 0 aromatic heterocycles. The fourth-order valence-corrected chi connectivity index (χ4v) is 2.71. The third-order valence-corrected chi connectivity index (χ3v) is 3.91. The first-order chi connectivity index (χ1) is 11.0. The number of piperidine rings is 1. The first-order valence-corrected chi connectivity index (χ1v) is 7.80. The number of rotatable bonds is 4. The molecule has 1 aromatic carbocycles. The quantitative estimate of drug-likeness (QED) is 0.837. The zero-order valence-corrected chi connectivity index (χ0v) is 13.5. The van der Waals surface area contributed by atoms with Crippen LogP contribution in [0.3, 0.4) is 0 Å². The zero-order valence-electron chi connectivity index (χ0n) is 13.5. The molecule has 1 heterocycles. The topological polar surface area (TPSA) is 70.7 Å². The van der Waals surface area contributed by atoms with Crippen molar-refractivity contribution in [2.45, 2.75) is 45.2 Å². The highest BCUT2D eigenvalue weighted by Crippen LogP contribution is 2.21. The van der Waals surface area contributed by atoms with E-state index in [4.69, 9.17) is 4.74 Å². The van der Waals surface area contributed by atoms with E-state index in [-0.39, 0.29) is 18.0 Å². The largest absolute Gasteiger partial charge is 0.427 e. The number of anilines is 1. The summed E-state index contributed by atoms with van der Waals surface area (Å²) in [5.41, 5.74) is 3.35. The number of nitrogens with zero attached hydrogens (tertiary/aromatic N) is 1. The molecule has 2 amide bonds. The Morgan fingerprint density at radius 3 is 2.65 bits per heavy atom. The Balaban J connectivity index is 1.95. The highest BCUT2D eigenvalue weighted by Gasteiger charge is 2.26. The normalized spacial score (nSPS) is 21.3. The molecule has 23 heavy (non-hydrogen) atoms. The van der Waals surface area contributed by atoms with Gasteiger partial charge in [-0.3, -0.25) is 10.2 Å². The Kier molecular flexibility index (Phi) is 5.76. The first kappa shape index (κ1) is 17.0. The average Bonchev–Trinajstić information content (AvgIpc) is 2.51. The Hall–Kier alpha value is -2.34. The minimum absolute atomic E-state index is 0.282. The van der Waals surface area contributed by atoms with E-state index >= 15 is 0 Å². The van der Waals surface area contributed by atoms with Gasteiger partial charge in [-0.25, -0.2) is 9.80 Å². The number of benzene rings is 1. The van der Waals surface area contributed by atoms with Crippen molar-refractivity contribution in [3.8, 4) is 5.75 Å². The van der Waals surface area contributed by atoms with Gasteiger partial charge in [-0.1, -0.05) is 19.1 Å². The molecular weight excluding hydrogens is 294 g/mol. The van der Waals surface area contributed by atoms with Crippen LogP contribution in [0.15, 0.2) is 36.9 Å². The Morgan fingerprint density at radius 2 is 2.00 bits per heavy atom. The van der Waals surface area contributed by atoms with E-state index in [1.54, 1.807) is 24.3 Å². The summed E-state index contributed by atoms with van der Waals surface area (Å²) in [7, 11) is 0. The summed E-state index contributed by atoms with van der Waals surface area (Å²) in [6, 6.07) is 7.22. The van der Waals surface area contributed by atoms with Crippen molar-refractivity contribution >= 4 is 17.7 Å². The van der Waals surface area contributed by atoms with Crippen molar-refractivity contribution in [2.75, 3.05) is 5.32 Å². The van der Waals surface area contributed by atoms with Crippen LogP contribution in [0, 0.1) is 0 Å². The maximum Gasteiger partial charge on any atom is 0.427 e. The highest BCUT2D eigenvalue weighted by atomic mass is 16.6. The van der Waals surface area contributed by atoms with Crippen LogP contribution in [-0.2, 0) is 4.79 Å². The van der Waals surface area contributed by atoms with Crippen LogP contribution in [0.4, 0.5) is 10.5 Å². The predicted octanol–water partition coefficient (Wildman–Crippen LogP) is 3.08. The molecule has 0 saturated carbocycles. The molecular formula is C17H23N3O3. The molecule has 6 nitrogen and oxygen atoms in total. The Morgan fingerprint density at radius 1 is 1.30 bits per heavy atom. The molecule has 0 bridgehead atoms. The van der Waals surface area contributed by atoms with E-state index in [9.17, 15) is 9.59 Å². The van der Waals surface area contributed by atoms with Gasteiger partial charge in [0, 0.05) is 23.8 Å². The van der Waals surface area contributed by atoms with Crippen molar-refractivity contribution in [1.82, 2.24) is 10.4 Å².